The van der Waals surface area contributed by atoms with E-state index in [0.29, 0.717) is 17.0 Å². The van der Waals surface area contributed by atoms with Crippen molar-refractivity contribution in [3.05, 3.63) is 51.2 Å². The van der Waals surface area contributed by atoms with E-state index in [0.717, 1.165) is 10.0 Å². The SMILES string of the molecule is Cn1cc(CC(=O)c2cc(Cl)ccc2Br)cn1. The van der Waals surface area contributed by atoms with Crippen LogP contribution in [0.2, 0.25) is 5.02 Å². The van der Waals surface area contributed by atoms with Gasteiger partial charge in [0.2, 0.25) is 0 Å². The molecule has 1 aromatic heterocycles. The van der Waals surface area contributed by atoms with E-state index in [9.17, 15) is 4.79 Å². The highest BCUT2D eigenvalue weighted by Gasteiger charge is 2.12. The molecular weight excluding hydrogens is 304 g/mol. The molecule has 0 bridgehead atoms. The number of halogens is 2. The number of hydrogen-bond donors (Lipinski definition) is 0. The van der Waals surface area contributed by atoms with Crippen LogP contribution in [0.4, 0.5) is 0 Å². The van der Waals surface area contributed by atoms with E-state index in [-0.39, 0.29) is 5.78 Å². The molecule has 17 heavy (non-hydrogen) atoms. The second-order valence-electron chi connectivity index (χ2n) is 3.75. The fourth-order valence-corrected chi connectivity index (χ4v) is 2.19. The Hall–Kier alpha value is -1.13. The molecule has 2 aromatic rings. The molecule has 0 amide bonds. The molecule has 88 valence electrons. The first-order chi connectivity index (χ1) is 8.06. The Morgan fingerprint density at radius 2 is 2.29 bits per heavy atom. The number of benzene rings is 1. The van der Waals surface area contributed by atoms with Gasteiger partial charge in [-0.15, -0.1) is 0 Å². The summed E-state index contributed by atoms with van der Waals surface area (Å²) in [6, 6.07) is 5.19. The summed E-state index contributed by atoms with van der Waals surface area (Å²) in [6.07, 6.45) is 3.85. The number of carbonyl (C=O) groups is 1. The van der Waals surface area contributed by atoms with Crippen LogP contribution in [-0.2, 0) is 13.5 Å². The Kier molecular flexibility index (Phi) is 3.64. The minimum atomic E-state index is 0.0207. The molecule has 5 heteroatoms. The lowest BCUT2D eigenvalue weighted by Gasteiger charge is -2.03. The molecular formula is C12H10BrClN2O. The fraction of sp³-hybridized carbons (Fsp3) is 0.167. The molecule has 0 aliphatic rings. The first-order valence-electron chi connectivity index (χ1n) is 5.02. The van der Waals surface area contributed by atoms with Crippen LogP contribution in [0.3, 0.4) is 0 Å². The van der Waals surface area contributed by atoms with Gasteiger partial charge in [-0.2, -0.15) is 5.10 Å². The van der Waals surface area contributed by atoms with Crippen LogP contribution in [0, 0.1) is 0 Å². The molecule has 1 aromatic carbocycles. The van der Waals surface area contributed by atoms with Gasteiger partial charge >= 0.3 is 0 Å². The number of nitrogens with zero attached hydrogens (tertiary/aromatic N) is 2. The van der Waals surface area contributed by atoms with Gasteiger partial charge in [-0.3, -0.25) is 9.48 Å². The number of Topliss-reactive ketones (excluding diaryl/α,β-unsaturated/α-hetero) is 1. The van der Waals surface area contributed by atoms with Gasteiger partial charge in [-0.05, 0) is 23.8 Å². The summed E-state index contributed by atoms with van der Waals surface area (Å²) < 4.78 is 2.44. The summed E-state index contributed by atoms with van der Waals surface area (Å²) in [4.78, 5) is 12.1. The van der Waals surface area contributed by atoms with Crippen molar-refractivity contribution in [2.24, 2.45) is 7.05 Å². The Balaban J connectivity index is 2.22. The van der Waals surface area contributed by atoms with Gasteiger partial charge in [0, 0.05) is 34.7 Å². The second kappa shape index (κ2) is 5.02. The van der Waals surface area contributed by atoms with Crippen LogP contribution in [-0.4, -0.2) is 15.6 Å². The van der Waals surface area contributed by atoms with Gasteiger partial charge in [-0.25, -0.2) is 0 Å². The monoisotopic (exact) mass is 312 g/mol. The zero-order valence-corrected chi connectivity index (χ0v) is 11.5. The zero-order valence-electron chi connectivity index (χ0n) is 9.15. The molecule has 0 radical (unpaired) electrons. The van der Waals surface area contributed by atoms with Gasteiger partial charge in [0.25, 0.3) is 0 Å². The first kappa shape index (κ1) is 12.3. The zero-order chi connectivity index (χ0) is 12.4. The van der Waals surface area contributed by atoms with Gasteiger partial charge in [0.1, 0.15) is 0 Å². The van der Waals surface area contributed by atoms with Gasteiger partial charge in [-0.1, -0.05) is 27.5 Å². The summed E-state index contributed by atoms with van der Waals surface area (Å²) in [6.45, 7) is 0. The van der Waals surface area contributed by atoms with Crippen LogP contribution in [0.15, 0.2) is 35.1 Å². The van der Waals surface area contributed by atoms with Gasteiger partial charge < -0.3 is 0 Å². The van der Waals surface area contributed by atoms with Crippen molar-refractivity contribution < 1.29 is 4.79 Å². The number of aromatic nitrogens is 2. The summed E-state index contributed by atoms with van der Waals surface area (Å²) in [5, 5.41) is 4.59. The molecule has 0 spiro atoms. The smallest absolute Gasteiger partial charge is 0.168 e. The lowest BCUT2D eigenvalue weighted by Crippen LogP contribution is -2.04. The van der Waals surface area contributed by atoms with Crippen molar-refractivity contribution in [3.8, 4) is 0 Å². The van der Waals surface area contributed by atoms with Crippen LogP contribution >= 0.6 is 27.5 Å². The molecule has 3 nitrogen and oxygen atoms in total. The Bertz CT molecular complexity index is 565. The van der Waals surface area contributed by atoms with E-state index in [1.807, 2.05) is 13.2 Å². The van der Waals surface area contributed by atoms with Crippen LogP contribution < -0.4 is 0 Å². The second-order valence-corrected chi connectivity index (χ2v) is 5.04. The molecule has 0 fully saturated rings. The number of ketones is 1. The normalized spacial score (nSPS) is 10.5. The number of aryl methyl sites for hydroxylation is 1. The van der Waals surface area contributed by atoms with Crippen LogP contribution in [0.1, 0.15) is 15.9 Å². The van der Waals surface area contributed by atoms with E-state index in [4.69, 9.17) is 11.6 Å². The molecule has 1 heterocycles. The van der Waals surface area contributed by atoms with Gasteiger partial charge in [0.05, 0.1) is 6.20 Å². The molecule has 0 unspecified atom stereocenters. The average molecular weight is 314 g/mol. The van der Waals surface area contributed by atoms with E-state index >= 15 is 0 Å². The Labute approximate surface area is 113 Å². The maximum absolute atomic E-state index is 12.1. The number of rotatable bonds is 3. The van der Waals surface area contributed by atoms with E-state index in [1.165, 1.54) is 0 Å². The maximum Gasteiger partial charge on any atom is 0.168 e. The van der Waals surface area contributed by atoms with Crippen LogP contribution in [0.25, 0.3) is 0 Å². The predicted molar refractivity (Wildman–Crippen MR) is 70.4 cm³/mol. The van der Waals surface area contributed by atoms with E-state index in [2.05, 4.69) is 21.0 Å². The minimum absolute atomic E-state index is 0.0207. The van der Waals surface area contributed by atoms with Gasteiger partial charge in [0.15, 0.2) is 5.78 Å². The predicted octanol–water partition coefficient (Wildman–Crippen LogP) is 3.26. The first-order valence-corrected chi connectivity index (χ1v) is 6.19. The highest BCUT2D eigenvalue weighted by atomic mass is 79.9. The molecule has 2 rings (SSSR count). The topological polar surface area (TPSA) is 34.9 Å². The lowest BCUT2D eigenvalue weighted by molar-refractivity contribution is 0.0992. The number of carbonyl (C=O) groups excluding carboxylic acids is 1. The molecule has 0 aliphatic heterocycles. The summed E-state index contributed by atoms with van der Waals surface area (Å²) >= 11 is 9.23. The largest absolute Gasteiger partial charge is 0.294 e. The van der Waals surface area contributed by atoms with Crippen molar-refractivity contribution in [1.82, 2.24) is 9.78 Å². The van der Waals surface area contributed by atoms with Crippen molar-refractivity contribution >= 4 is 33.3 Å². The van der Waals surface area contributed by atoms with Crippen LogP contribution in [0.5, 0.6) is 0 Å². The fourth-order valence-electron chi connectivity index (χ4n) is 1.55. The minimum Gasteiger partial charge on any atom is -0.294 e. The molecule has 0 atom stereocenters. The third kappa shape index (κ3) is 2.96. The summed E-state index contributed by atoms with van der Waals surface area (Å²) in [5.74, 6) is 0.0207. The van der Waals surface area contributed by atoms with E-state index < -0.39 is 0 Å². The Morgan fingerprint density at radius 3 is 2.94 bits per heavy atom. The molecule has 0 aliphatic carbocycles. The lowest BCUT2D eigenvalue weighted by atomic mass is 10.1. The average Bonchev–Trinajstić information content (AvgIpc) is 2.67. The van der Waals surface area contributed by atoms with Crippen molar-refractivity contribution in [2.45, 2.75) is 6.42 Å². The van der Waals surface area contributed by atoms with Crippen molar-refractivity contribution in [3.63, 3.8) is 0 Å². The highest BCUT2D eigenvalue weighted by molar-refractivity contribution is 9.10. The highest BCUT2D eigenvalue weighted by Crippen LogP contribution is 2.22. The quantitative estimate of drug-likeness (QED) is 0.815. The molecule has 0 saturated carbocycles. The maximum atomic E-state index is 12.1. The standard InChI is InChI=1S/C12H10BrClN2O/c1-16-7-8(6-15-16)4-12(17)10-5-9(14)2-3-11(10)13/h2-3,5-7H,4H2,1H3. The summed E-state index contributed by atoms with van der Waals surface area (Å²) in [5.41, 5.74) is 1.49. The van der Waals surface area contributed by atoms with Crippen molar-refractivity contribution in [1.29, 1.82) is 0 Å². The molecule has 0 N–H and O–H groups in total. The third-order valence-electron chi connectivity index (χ3n) is 2.35. The number of hydrogen-bond acceptors (Lipinski definition) is 2. The third-order valence-corrected chi connectivity index (χ3v) is 3.28. The summed E-state index contributed by atoms with van der Waals surface area (Å²) in [7, 11) is 1.82. The Morgan fingerprint density at radius 1 is 1.53 bits per heavy atom. The van der Waals surface area contributed by atoms with Crippen molar-refractivity contribution in [2.75, 3.05) is 0 Å². The van der Waals surface area contributed by atoms with E-state index in [1.54, 1.807) is 29.1 Å². The molecule has 0 saturated heterocycles.